The fourth-order valence-corrected chi connectivity index (χ4v) is 2.26. The van der Waals surface area contributed by atoms with E-state index in [1.54, 1.807) is 18.2 Å². The first-order valence-corrected chi connectivity index (χ1v) is 6.98. The summed E-state index contributed by atoms with van der Waals surface area (Å²) >= 11 is 6.11. The van der Waals surface area contributed by atoms with Gasteiger partial charge in [-0.3, -0.25) is 0 Å². The van der Waals surface area contributed by atoms with E-state index >= 15 is 0 Å². The summed E-state index contributed by atoms with van der Waals surface area (Å²) in [5.41, 5.74) is 1.35. The van der Waals surface area contributed by atoms with E-state index in [1.165, 1.54) is 18.3 Å². The molecule has 2 aromatic rings. The van der Waals surface area contributed by atoms with Crippen LogP contribution in [0.4, 0.5) is 8.78 Å². The average Bonchev–Trinajstić information content (AvgIpc) is 2.44. The van der Waals surface area contributed by atoms with Crippen molar-refractivity contribution in [2.75, 3.05) is 6.61 Å². The van der Waals surface area contributed by atoms with Crippen molar-refractivity contribution in [1.82, 2.24) is 0 Å². The van der Waals surface area contributed by atoms with Crippen LogP contribution in [0.3, 0.4) is 0 Å². The van der Waals surface area contributed by atoms with Crippen LogP contribution in [0.15, 0.2) is 41.6 Å². The molecule has 0 spiro atoms. The van der Waals surface area contributed by atoms with Crippen molar-refractivity contribution in [2.24, 2.45) is 5.16 Å². The van der Waals surface area contributed by atoms with Gasteiger partial charge in [0.25, 0.3) is 0 Å². The molecule has 2 rings (SSSR count). The highest BCUT2D eigenvalue weighted by molar-refractivity contribution is 6.32. The molecule has 2 aromatic carbocycles. The third-order valence-corrected chi connectivity index (χ3v) is 3.21. The van der Waals surface area contributed by atoms with Gasteiger partial charge >= 0.3 is 0 Å². The van der Waals surface area contributed by atoms with E-state index in [0.717, 1.165) is 11.6 Å². The molecule has 22 heavy (non-hydrogen) atoms. The van der Waals surface area contributed by atoms with E-state index < -0.39 is 11.6 Å². The van der Waals surface area contributed by atoms with Crippen molar-refractivity contribution in [3.63, 3.8) is 0 Å². The molecule has 1 N–H and O–H groups in total. The number of oxime groups is 1. The molecule has 0 aliphatic rings. The second-order valence-electron chi connectivity index (χ2n) is 4.65. The number of benzene rings is 2. The fourth-order valence-electron chi connectivity index (χ4n) is 2.00. The Morgan fingerprint density at radius 3 is 2.45 bits per heavy atom. The van der Waals surface area contributed by atoms with E-state index in [1.807, 2.05) is 0 Å². The molecule has 0 heterocycles. The van der Waals surface area contributed by atoms with E-state index in [0.29, 0.717) is 35.8 Å². The molecule has 0 aliphatic carbocycles. The van der Waals surface area contributed by atoms with E-state index in [2.05, 4.69) is 5.16 Å². The van der Waals surface area contributed by atoms with Gasteiger partial charge in [-0.2, -0.15) is 0 Å². The molecule has 0 saturated carbocycles. The molecule has 0 atom stereocenters. The second-order valence-corrected chi connectivity index (χ2v) is 5.06. The zero-order chi connectivity index (χ0) is 15.9. The molecule has 0 bridgehead atoms. The van der Waals surface area contributed by atoms with Gasteiger partial charge in [-0.05, 0) is 41.8 Å². The minimum atomic E-state index is -0.605. The van der Waals surface area contributed by atoms with Gasteiger partial charge in [0.05, 0.1) is 11.6 Å². The van der Waals surface area contributed by atoms with Crippen molar-refractivity contribution >= 4 is 17.8 Å². The van der Waals surface area contributed by atoms with Gasteiger partial charge in [0, 0.05) is 18.7 Å². The Hall–Kier alpha value is -2.14. The lowest BCUT2D eigenvalue weighted by atomic mass is 10.0. The molecule has 0 unspecified atom stereocenters. The minimum Gasteiger partial charge on any atom is -0.492 e. The van der Waals surface area contributed by atoms with Crippen LogP contribution < -0.4 is 4.74 Å². The Labute approximate surface area is 131 Å². The zero-order valence-electron chi connectivity index (χ0n) is 11.6. The van der Waals surface area contributed by atoms with Crippen molar-refractivity contribution in [3.8, 4) is 5.75 Å². The number of halogens is 3. The van der Waals surface area contributed by atoms with Crippen LogP contribution in [0.5, 0.6) is 5.75 Å². The monoisotopic (exact) mass is 325 g/mol. The predicted molar refractivity (Wildman–Crippen MR) is 81.0 cm³/mol. The largest absolute Gasteiger partial charge is 0.492 e. The van der Waals surface area contributed by atoms with Gasteiger partial charge in [-0.1, -0.05) is 17.7 Å². The van der Waals surface area contributed by atoms with Gasteiger partial charge in [0.2, 0.25) is 0 Å². The first-order valence-electron chi connectivity index (χ1n) is 6.60. The van der Waals surface area contributed by atoms with Crippen LogP contribution >= 0.6 is 11.6 Å². The van der Waals surface area contributed by atoms with Gasteiger partial charge in [-0.15, -0.1) is 5.16 Å². The highest BCUT2D eigenvalue weighted by atomic mass is 35.5. The van der Waals surface area contributed by atoms with Crippen LogP contribution in [0.1, 0.15) is 17.5 Å². The third-order valence-electron chi connectivity index (χ3n) is 2.91. The van der Waals surface area contributed by atoms with Gasteiger partial charge in [-0.25, -0.2) is 8.78 Å². The second kappa shape index (κ2) is 7.75. The minimum absolute atomic E-state index is 0.332. The number of rotatable bonds is 6. The van der Waals surface area contributed by atoms with Crippen molar-refractivity contribution in [2.45, 2.75) is 12.8 Å². The lowest BCUT2D eigenvalue weighted by Gasteiger charge is -2.09. The third kappa shape index (κ3) is 4.70. The quantitative estimate of drug-likeness (QED) is 0.369. The average molecular weight is 326 g/mol. The Balaban J connectivity index is 2.05. The van der Waals surface area contributed by atoms with Gasteiger partial charge in [0.1, 0.15) is 17.4 Å². The number of nitrogens with zero attached hydrogens (tertiary/aromatic N) is 1. The molecule has 0 aromatic heterocycles. The van der Waals surface area contributed by atoms with Gasteiger partial charge < -0.3 is 9.94 Å². The lowest BCUT2D eigenvalue weighted by Crippen LogP contribution is -1.99. The van der Waals surface area contributed by atoms with Crippen LogP contribution in [0, 0.1) is 11.6 Å². The molecular formula is C16H14ClF2NO2. The summed E-state index contributed by atoms with van der Waals surface area (Å²) in [5.74, 6) is -0.708. The van der Waals surface area contributed by atoms with E-state index in [4.69, 9.17) is 21.5 Å². The maximum atomic E-state index is 13.2. The van der Waals surface area contributed by atoms with Crippen LogP contribution in [-0.2, 0) is 6.42 Å². The Bertz CT molecular complexity index is 657. The Kier molecular flexibility index (Phi) is 5.72. The zero-order valence-corrected chi connectivity index (χ0v) is 12.4. The van der Waals surface area contributed by atoms with Crippen LogP contribution in [0.25, 0.3) is 0 Å². The summed E-state index contributed by atoms with van der Waals surface area (Å²) in [4.78, 5) is 0. The Morgan fingerprint density at radius 2 is 1.82 bits per heavy atom. The molecule has 6 heteroatoms. The topological polar surface area (TPSA) is 41.8 Å². The number of ether oxygens (including phenoxy) is 1. The first-order chi connectivity index (χ1) is 10.6. The smallest absolute Gasteiger partial charge is 0.137 e. The highest BCUT2D eigenvalue weighted by Gasteiger charge is 2.06. The van der Waals surface area contributed by atoms with Crippen LogP contribution in [-0.4, -0.2) is 18.0 Å². The number of hydrogen-bond donors (Lipinski definition) is 1. The summed E-state index contributed by atoms with van der Waals surface area (Å²) in [5, 5.41) is 11.5. The lowest BCUT2D eigenvalue weighted by molar-refractivity contribution is 0.310. The van der Waals surface area contributed by atoms with Crippen molar-refractivity contribution in [1.29, 1.82) is 0 Å². The van der Waals surface area contributed by atoms with Gasteiger partial charge in [0.15, 0.2) is 0 Å². The first kappa shape index (κ1) is 16.2. The molecule has 0 fully saturated rings. The number of hydrogen-bond acceptors (Lipinski definition) is 3. The molecule has 0 amide bonds. The van der Waals surface area contributed by atoms with Crippen molar-refractivity contribution in [3.05, 3.63) is 64.2 Å². The van der Waals surface area contributed by atoms with Crippen molar-refractivity contribution < 1.29 is 18.7 Å². The molecular weight excluding hydrogens is 312 g/mol. The maximum absolute atomic E-state index is 13.2. The van der Waals surface area contributed by atoms with E-state index in [-0.39, 0.29) is 0 Å². The normalized spacial score (nSPS) is 11.0. The summed E-state index contributed by atoms with van der Waals surface area (Å²) in [6, 6.07) is 8.59. The summed E-state index contributed by atoms with van der Waals surface area (Å²) in [6.45, 7) is 0.332. The molecule has 3 nitrogen and oxygen atoms in total. The SMILES string of the molecule is O/N=C\CCOc1ccc(Cc2cc(F)cc(F)c2)cc1Cl. The van der Waals surface area contributed by atoms with Crippen LogP contribution in [0.2, 0.25) is 5.02 Å². The summed E-state index contributed by atoms with van der Waals surface area (Å²) in [6.07, 6.45) is 2.14. The highest BCUT2D eigenvalue weighted by Crippen LogP contribution is 2.26. The molecule has 0 radical (unpaired) electrons. The predicted octanol–water partition coefficient (Wildman–Crippen LogP) is 4.44. The molecule has 0 aliphatic heterocycles. The standard InChI is InChI=1S/C16H14ClF2NO2/c17-15-9-11(2-3-16(15)22-5-1-4-20-21)6-12-7-13(18)10-14(19)8-12/h2-4,7-10,21H,1,5-6H2/b20-4-. The fraction of sp³-hybridized carbons (Fsp3) is 0.188. The molecule has 116 valence electrons. The summed E-state index contributed by atoms with van der Waals surface area (Å²) < 4.78 is 31.8. The summed E-state index contributed by atoms with van der Waals surface area (Å²) in [7, 11) is 0. The molecule has 0 saturated heterocycles. The maximum Gasteiger partial charge on any atom is 0.137 e. The van der Waals surface area contributed by atoms with E-state index in [9.17, 15) is 8.78 Å². The Morgan fingerprint density at radius 1 is 1.09 bits per heavy atom.